The van der Waals surface area contributed by atoms with E-state index in [1.807, 2.05) is 60.7 Å². The maximum Gasteiger partial charge on any atom is 0.115 e. The van der Waals surface area contributed by atoms with Gasteiger partial charge in [-0.3, -0.25) is 0 Å². The summed E-state index contributed by atoms with van der Waals surface area (Å²) in [6.45, 7) is 0. The van der Waals surface area contributed by atoms with Crippen LogP contribution in [0, 0.1) is 0 Å². The zero-order valence-electron chi connectivity index (χ0n) is 13.6. The Morgan fingerprint density at radius 2 is 1.30 bits per heavy atom. The highest BCUT2D eigenvalue weighted by atomic mass is 16.3. The highest BCUT2D eigenvalue weighted by Crippen LogP contribution is 2.38. The van der Waals surface area contributed by atoms with Crippen molar-refractivity contribution in [3.05, 3.63) is 71.8 Å². The average Bonchev–Trinajstić information content (AvgIpc) is 3.03. The van der Waals surface area contributed by atoms with Crippen molar-refractivity contribution in [3.63, 3.8) is 0 Å². The van der Waals surface area contributed by atoms with Crippen molar-refractivity contribution in [2.45, 2.75) is 56.1 Å². The van der Waals surface area contributed by atoms with E-state index in [1.54, 1.807) is 0 Å². The molecule has 2 heteroatoms. The van der Waals surface area contributed by atoms with Gasteiger partial charge in [0.15, 0.2) is 0 Å². The van der Waals surface area contributed by atoms with E-state index < -0.39 is 11.2 Å². The van der Waals surface area contributed by atoms with Crippen molar-refractivity contribution in [1.29, 1.82) is 0 Å². The average molecular weight is 310 g/mol. The van der Waals surface area contributed by atoms with Crippen LogP contribution < -0.4 is 0 Å². The largest absolute Gasteiger partial charge is 0.390 e. The summed E-state index contributed by atoms with van der Waals surface area (Å²) < 4.78 is 0. The molecule has 1 fully saturated rings. The molecule has 0 spiro atoms. The molecule has 1 aliphatic rings. The summed E-state index contributed by atoms with van der Waals surface area (Å²) in [4.78, 5) is 0. The molecule has 2 nitrogen and oxygen atoms in total. The van der Waals surface area contributed by atoms with E-state index in [1.165, 1.54) is 0 Å². The molecule has 23 heavy (non-hydrogen) atoms. The third-order valence-corrected chi connectivity index (χ3v) is 5.22. The molecule has 1 aliphatic carbocycles. The molecule has 0 aromatic heterocycles. The molecule has 122 valence electrons. The zero-order chi connectivity index (χ0) is 16.2. The lowest BCUT2D eigenvalue weighted by Crippen LogP contribution is -2.29. The van der Waals surface area contributed by atoms with Gasteiger partial charge in [-0.1, -0.05) is 73.5 Å². The Kier molecular flexibility index (Phi) is 4.84. The second kappa shape index (κ2) is 6.86. The highest BCUT2D eigenvalue weighted by molar-refractivity contribution is 5.35. The molecule has 0 unspecified atom stereocenters. The van der Waals surface area contributed by atoms with Crippen molar-refractivity contribution in [1.82, 2.24) is 0 Å². The van der Waals surface area contributed by atoms with Crippen LogP contribution in [0.4, 0.5) is 0 Å². The summed E-state index contributed by atoms with van der Waals surface area (Å²) in [5.41, 5.74) is 0.348. The predicted octanol–water partition coefficient (Wildman–Crippen LogP) is 4.40. The van der Waals surface area contributed by atoms with E-state index in [0.29, 0.717) is 6.42 Å². The Hall–Kier alpha value is -1.64. The van der Waals surface area contributed by atoms with Crippen LogP contribution in [0.1, 0.15) is 56.1 Å². The Balaban J connectivity index is 1.79. The topological polar surface area (TPSA) is 40.5 Å². The summed E-state index contributed by atoms with van der Waals surface area (Å²) >= 11 is 0. The Morgan fingerprint density at radius 3 is 1.78 bits per heavy atom. The van der Waals surface area contributed by atoms with Crippen molar-refractivity contribution in [2.24, 2.45) is 0 Å². The molecular weight excluding hydrogens is 284 g/mol. The van der Waals surface area contributed by atoms with Crippen LogP contribution in [-0.2, 0) is 5.60 Å². The van der Waals surface area contributed by atoms with E-state index in [2.05, 4.69) is 0 Å². The lowest BCUT2D eigenvalue weighted by Gasteiger charge is -2.31. The number of benzene rings is 2. The molecular formula is C21H26O2. The van der Waals surface area contributed by atoms with Crippen molar-refractivity contribution in [2.75, 3.05) is 0 Å². The van der Waals surface area contributed by atoms with Gasteiger partial charge in [0.1, 0.15) is 5.60 Å². The molecule has 1 saturated carbocycles. The van der Waals surface area contributed by atoms with Crippen molar-refractivity contribution >= 4 is 0 Å². The molecule has 0 atom stereocenters. The number of hydrogen-bond donors (Lipinski definition) is 2. The maximum atomic E-state index is 11.4. The number of aliphatic hydroxyl groups is 2. The molecule has 2 aromatic rings. The van der Waals surface area contributed by atoms with Crippen LogP contribution in [0.3, 0.4) is 0 Å². The molecule has 0 heterocycles. The van der Waals surface area contributed by atoms with Gasteiger partial charge in [0.05, 0.1) is 5.60 Å². The van der Waals surface area contributed by atoms with E-state index in [9.17, 15) is 10.2 Å². The quantitative estimate of drug-likeness (QED) is 0.830. The van der Waals surface area contributed by atoms with E-state index in [-0.39, 0.29) is 0 Å². The molecule has 0 bridgehead atoms. The van der Waals surface area contributed by atoms with Gasteiger partial charge in [0, 0.05) is 0 Å². The summed E-state index contributed by atoms with van der Waals surface area (Å²) in [6.07, 6.45) is 6.27. The first-order chi connectivity index (χ1) is 11.1. The lowest BCUT2D eigenvalue weighted by molar-refractivity contribution is 0.0210. The summed E-state index contributed by atoms with van der Waals surface area (Å²) in [5.74, 6) is 0. The van der Waals surface area contributed by atoms with E-state index >= 15 is 0 Å². The van der Waals surface area contributed by atoms with Crippen molar-refractivity contribution < 1.29 is 10.2 Å². The minimum Gasteiger partial charge on any atom is -0.390 e. The van der Waals surface area contributed by atoms with Gasteiger partial charge >= 0.3 is 0 Å². The van der Waals surface area contributed by atoms with Gasteiger partial charge in [-0.25, -0.2) is 0 Å². The van der Waals surface area contributed by atoms with Gasteiger partial charge in [-0.05, 0) is 43.2 Å². The lowest BCUT2D eigenvalue weighted by atomic mass is 9.81. The summed E-state index contributed by atoms with van der Waals surface area (Å²) in [6, 6.07) is 19.7. The third kappa shape index (κ3) is 3.65. The minimum atomic E-state index is -0.989. The Labute approximate surface area is 138 Å². The highest BCUT2D eigenvalue weighted by Gasteiger charge is 2.34. The number of hydrogen-bond acceptors (Lipinski definition) is 2. The smallest absolute Gasteiger partial charge is 0.115 e. The second-order valence-corrected chi connectivity index (χ2v) is 6.88. The summed E-state index contributed by atoms with van der Waals surface area (Å²) in [5, 5.41) is 22.0. The molecule has 3 rings (SSSR count). The van der Waals surface area contributed by atoms with Crippen molar-refractivity contribution in [3.8, 4) is 0 Å². The SMILES string of the molecule is OC1(CCCC(O)(c2ccccc2)c2ccccc2)CCCC1. The Bertz CT molecular complexity index is 561. The normalized spacial score (nSPS) is 17.3. The van der Waals surface area contributed by atoms with Crippen LogP contribution in [0.2, 0.25) is 0 Å². The molecule has 2 aromatic carbocycles. The predicted molar refractivity (Wildman–Crippen MR) is 93.2 cm³/mol. The summed E-state index contributed by atoms with van der Waals surface area (Å²) in [7, 11) is 0. The minimum absolute atomic E-state index is 0.506. The maximum absolute atomic E-state index is 11.4. The van der Waals surface area contributed by atoms with Crippen LogP contribution in [0.5, 0.6) is 0 Å². The van der Waals surface area contributed by atoms with Crippen LogP contribution in [0.25, 0.3) is 0 Å². The Morgan fingerprint density at radius 1 is 0.826 bits per heavy atom. The zero-order valence-corrected chi connectivity index (χ0v) is 13.6. The first-order valence-electron chi connectivity index (χ1n) is 8.68. The molecule has 0 saturated heterocycles. The van der Waals surface area contributed by atoms with E-state index in [0.717, 1.165) is 49.7 Å². The second-order valence-electron chi connectivity index (χ2n) is 6.88. The van der Waals surface area contributed by atoms with Gasteiger partial charge in [0.2, 0.25) is 0 Å². The molecule has 0 amide bonds. The van der Waals surface area contributed by atoms with Crippen LogP contribution >= 0.6 is 0 Å². The fourth-order valence-electron chi connectivity index (χ4n) is 3.84. The fraction of sp³-hybridized carbons (Fsp3) is 0.429. The monoisotopic (exact) mass is 310 g/mol. The third-order valence-electron chi connectivity index (χ3n) is 5.22. The van der Waals surface area contributed by atoms with E-state index in [4.69, 9.17) is 0 Å². The van der Waals surface area contributed by atoms with Gasteiger partial charge in [-0.2, -0.15) is 0 Å². The first-order valence-corrected chi connectivity index (χ1v) is 8.68. The van der Waals surface area contributed by atoms with Gasteiger partial charge in [-0.15, -0.1) is 0 Å². The van der Waals surface area contributed by atoms with Crippen LogP contribution in [-0.4, -0.2) is 15.8 Å². The number of rotatable bonds is 6. The first kappa shape index (κ1) is 16.2. The molecule has 2 N–H and O–H groups in total. The van der Waals surface area contributed by atoms with Crippen LogP contribution in [0.15, 0.2) is 60.7 Å². The van der Waals surface area contributed by atoms with Gasteiger partial charge in [0.25, 0.3) is 0 Å². The van der Waals surface area contributed by atoms with Gasteiger partial charge < -0.3 is 10.2 Å². The standard InChI is InChI=1S/C21H26O2/c22-20(14-7-8-15-20)16-9-17-21(23,18-10-3-1-4-11-18)19-12-5-2-6-13-19/h1-6,10-13,22-23H,7-9,14-17H2. The molecule has 0 radical (unpaired) electrons. The molecule has 0 aliphatic heterocycles. The fourth-order valence-corrected chi connectivity index (χ4v) is 3.84.